The summed E-state index contributed by atoms with van der Waals surface area (Å²) in [5.41, 5.74) is 1.35. The second-order valence-corrected chi connectivity index (χ2v) is 6.18. The molecule has 8 heteroatoms. The fraction of sp³-hybridized carbons (Fsp3) is 0.0500. The van der Waals surface area contributed by atoms with E-state index in [2.05, 4.69) is 15.7 Å². The van der Waals surface area contributed by atoms with Crippen molar-refractivity contribution in [1.29, 1.82) is 0 Å². The standard InChI is InChI=1S/C20H15FN4O3/c21-13-8-6-12(7-9-13)17-10-16(20(27)28)24-18-15(11-22-25(17)18)19(26)23-14-4-2-1-3-5-14/h1-11,17,24H,(H,23,26)(H,27,28). The molecule has 28 heavy (non-hydrogen) atoms. The molecule has 1 atom stereocenters. The third-order valence-corrected chi connectivity index (χ3v) is 4.35. The van der Waals surface area contributed by atoms with Gasteiger partial charge < -0.3 is 15.7 Å². The van der Waals surface area contributed by atoms with E-state index < -0.39 is 23.7 Å². The minimum atomic E-state index is -1.17. The van der Waals surface area contributed by atoms with Crippen molar-refractivity contribution in [3.05, 3.63) is 89.5 Å². The lowest BCUT2D eigenvalue weighted by Crippen LogP contribution is -2.25. The number of carboxylic acid groups (broad SMARTS) is 1. The molecule has 2 heterocycles. The average Bonchev–Trinajstić information content (AvgIpc) is 3.13. The van der Waals surface area contributed by atoms with Crippen LogP contribution in [0.15, 0.2) is 72.6 Å². The Morgan fingerprint density at radius 3 is 2.50 bits per heavy atom. The maximum Gasteiger partial charge on any atom is 0.352 e. The Balaban J connectivity index is 1.73. The van der Waals surface area contributed by atoms with Crippen LogP contribution in [0.3, 0.4) is 0 Å². The molecule has 3 aromatic rings. The van der Waals surface area contributed by atoms with Gasteiger partial charge >= 0.3 is 5.97 Å². The Labute approximate surface area is 159 Å². The molecule has 1 amide bonds. The number of anilines is 2. The molecule has 0 bridgehead atoms. The second kappa shape index (κ2) is 6.99. The average molecular weight is 378 g/mol. The van der Waals surface area contributed by atoms with Crippen LogP contribution in [0.5, 0.6) is 0 Å². The van der Waals surface area contributed by atoms with E-state index in [1.807, 2.05) is 6.07 Å². The number of nitrogens with one attached hydrogen (secondary N) is 2. The van der Waals surface area contributed by atoms with Crippen LogP contribution in [0.1, 0.15) is 22.0 Å². The minimum Gasteiger partial charge on any atom is -0.477 e. The molecule has 1 unspecified atom stereocenters. The highest BCUT2D eigenvalue weighted by atomic mass is 19.1. The van der Waals surface area contributed by atoms with Gasteiger partial charge in [0.25, 0.3) is 5.91 Å². The molecule has 2 aromatic carbocycles. The summed E-state index contributed by atoms with van der Waals surface area (Å²) in [6.45, 7) is 0. The highest BCUT2D eigenvalue weighted by Crippen LogP contribution is 2.32. The zero-order valence-electron chi connectivity index (χ0n) is 14.5. The number of benzene rings is 2. The Morgan fingerprint density at radius 2 is 1.82 bits per heavy atom. The predicted octanol–water partition coefficient (Wildman–Crippen LogP) is 3.26. The third-order valence-electron chi connectivity index (χ3n) is 4.35. The minimum absolute atomic E-state index is 0.0870. The molecule has 0 radical (unpaired) electrons. The van der Waals surface area contributed by atoms with Crippen molar-refractivity contribution in [3.63, 3.8) is 0 Å². The van der Waals surface area contributed by atoms with E-state index in [9.17, 15) is 19.1 Å². The second-order valence-electron chi connectivity index (χ2n) is 6.18. The van der Waals surface area contributed by atoms with Gasteiger partial charge in [-0.25, -0.2) is 13.9 Å². The monoisotopic (exact) mass is 378 g/mol. The van der Waals surface area contributed by atoms with E-state index >= 15 is 0 Å². The maximum absolute atomic E-state index is 13.3. The number of para-hydroxylation sites is 1. The van der Waals surface area contributed by atoms with Gasteiger partial charge in [0, 0.05) is 5.69 Å². The van der Waals surface area contributed by atoms with Gasteiger partial charge in [0.1, 0.15) is 22.9 Å². The quantitative estimate of drug-likeness (QED) is 0.648. The van der Waals surface area contributed by atoms with Gasteiger partial charge in [-0.15, -0.1) is 0 Å². The number of hydrogen-bond acceptors (Lipinski definition) is 4. The number of carboxylic acids is 1. The topological polar surface area (TPSA) is 96.2 Å². The van der Waals surface area contributed by atoms with Gasteiger partial charge in [0.15, 0.2) is 0 Å². The number of amides is 1. The molecule has 7 nitrogen and oxygen atoms in total. The third kappa shape index (κ3) is 3.23. The fourth-order valence-corrected chi connectivity index (χ4v) is 3.00. The largest absolute Gasteiger partial charge is 0.477 e. The number of hydrogen-bond donors (Lipinski definition) is 3. The molecule has 140 valence electrons. The van der Waals surface area contributed by atoms with Gasteiger partial charge in [-0.3, -0.25) is 4.79 Å². The number of rotatable bonds is 4. The highest BCUT2D eigenvalue weighted by Gasteiger charge is 2.29. The molecule has 0 saturated carbocycles. The first-order chi connectivity index (χ1) is 13.5. The van der Waals surface area contributed by atoms with Crippen molar-refractivity contribution in [2.45, 2.75) is 6.04 Å². The molecular weight excluding hydrogens is 363 g/mol. The van der Waals surface area contributed by atoms with Crippen molar-refractivity contribution >= 4 is 23.4 Å². The summed E-state index contributed by atoms with van der Waals surface area (Å²) >= 11 is 0. The SMILES string of the molecule is O=C(O)C1=CC(c2ccc(F)cc2)n2ncc(C(=O)Nc3ccccc3)c2N1. The maximum atomic E-state index is 13.3. The van der Waals surface area contributed by atoms with Crippen molar-refractivity contribution < 1.29 is 19.1 Å². The van der Waals surface area contributed by atoms with Gasteiger partial charge in [0.05, 0.1) is 12.2 Å². The molecule has 0 saturated heterocycles. The van der Waals surface area contributed by atoms with Crippen LogP contribution in [0.4, 0.5) is 15.9 Å². The van der Waals surface area contributed by atoms with E-state index in [1.54, 1.807) is 36.4 Å². The van der Waals surface area contributed by atoms with Crippen LogP contribution in [0.25, 0.3) is 0 Å². The fourth-order valence-electron chi connectivity index (χ4n) is 3.00. The lowest BCUT2D eigenvalue weighted by molar-refractivity contribution is -0.132. The smallest absolute Gasteiger partial charge is 0.352 e. The predicted molar refractivity (Wildman–Crippen MR) is 101 cm³/mol. The van der Waals surface area contributed by atoms with E-state index in [-0.39, 0.29) is 17.1 Å². The molecule has 1 aliphatic rings. The Hall–Kier alpha value is -3.94. The molecule has 0 fully saturated rings. The Morgan fingerprint density at radius 1 is 1.11 bits per heavy atom. The molecular formula is C20H15FN4O3. The number of halogens is 1. The number of fused-ring (bicyclic) bond motifs is 1. The van der Waals surface area contributed by atoms with Crippen LogP contribution < -0.4 is 10.6 Å². The summed E-state index contributed by atoms with van der Waals surface area (Å²) in [4.78, 5) is 24.3. The van der Waals surface area contributed by atoms with Gasteiger partial charge in [-0.1, -0.05) is 30.3 Å². The van der Waals surface area contributed by atoms with Gasteiger partial charge in [-0.05, 0) is 35.9 Å². The van der Waals surface area contributed by atoms with Crippen molar-refractivity contribution in [2.24, 2.45) is 0 Å². The lowest BCUT2D eigenvalue weighted by Gasteiger charge is -2.24. The van der Waals surface area contributed by atoms with Crippen LogP contribution in [0, 0.1) is 5.82 Å². The Kier molecular flexibility index (Phi) is 4.36. The lowest BCUT2D eigenvalue weighted by atomic mass is 10.0. The van der Waals surface area contributed by atoms with E-state index in [4.69, 9.17) is 0 Å². The van der Waals surface area contributed by atoms with Crippen molar-refractivity contribution in [3.8, 4) is 0 Å². The van der Waals surface area contributed by atoms with Crippen molar-refractivity contribution in [2.75, 3.05) is 10.6 Å². The summed E-state index contributed by atoms with van der Waals surface area (Å²) in [5, 5.41) is 19.2. The first-order valence-electron chi connectivity index (χ1n) is 8.44. The number of aliphatic carboxylic acids is 1. The number of nitrogens with zero attached hydrogens (tertiary/aromatic N) is 2. The summed E-state index contributed by atoms with van der Waals surface area (Å²) in [6.07, 6.45) is 2.84. The van der Waals surface area contributed by atoms with Crippen LogP contribution in [-0.2, 0) is 4.79 Å². The zero-order valence-corrected chi connectivity index (χ0v) is 14.5. The van der Waals surface area contributed by atoms with E-state index in [0.29, 0.717) is 11.3 Å². The first kappa shape index (κ1) is 17.5. The number of aromatic nitrogens is 2. The van der Waals surface area contributed by atoms with Gasteiger partial charge in [-0.2, -0.15) is 5.10 Å². The van der Waals surface area contributed by atoms with Crippen molar-refractivity contribution in [1.82, 2.24) is 9.78 Å². The summed E-state index contributed by atoms with van der Waals surface area (Å²) in [6, 6.07) is 14.0. The summed E-state index contributed by atoms with van der Waals surface area (Å²) in [7, 11) is 0. The molecule has 4 rings (SSSR count). The Bertz CT molecular complexity index is 1070. The zero-order chi connectivity index (χ0) is 19.7. The number of allylic oxidation sites excluding steroid dienone is 1. The molecule has 0 spiro atoms. The van der Waals surface area contributed by atoms with Crippen LogP contribution in [-0.4, -0.2) is 26.8 Å². The molecule has 1 aromatic heterocycles. The highest BCUT2D eigenvalue weighted by molar-refractivity contribution is 6.08. The van der Waals surface area contributed by atoms with Crippen LogP contribution >= 0.6 is 0 Å². The molecule has 1 aliphatic heterocycles. The van der Waals surface area contributed by atoms with Crippen LogP contribution in [0.2, 0.25) is 0 Å². The molecule has 3 N–H and O–H groups in total. The summed E-state index contributed by atoms with van der Waals surface area (Å²) in [5.74, 6) is -1.75. The first-order valence-corrected chi connectivity index (χ1v) is 8.44. The number of carbonyl (C=O) groups is 2. The summed E-state index contributed by atoms with van der Waals surface area (Å²) < 4.78 is 14.8. The normalized spacial score (nSPS) is 15.2. The number of carbonyl (C=O) groups excluding carboxylic acids is 1. The van der Waals surface area contributed by atoms with E-state index in [1.165, 1.54) is 29.1 Å². The van der Waals surface area contributed by atoms with Gasteiger partial charge in [0.2, 0.25) is 0 Å². The van der Waals surface area contributed by atoms with E-state index in [0.717, 1.165) is 0 Å². The molecule has 0 aliphatic carbocycles.